The molecule has 0 amide bonds. The second-order valence-corrected chi connectivity index (χ2v) is 5.98. The van der Waals surface area contributed by atoms with Gasteiger partial charge in [0.15, 0.2) is 9.84 Å². The predicted molar refractivity (Wildman–Crippen MR) is 57.1 cm³/mol. The van der Waals surface area contributed by atoms with Gasteiger partial charge in [0.1, 0.15) is 0 Å². The summed E-state index contributed by atoms with van der Waals surface area (Å²) in [4.78, 5) is 0. The SMILES string of the molecule is CCS(=O)(=O)CCNCC(C)CCl. The zero-order chi connectivity index (χ0) is 10.3. The molecule has 0 aromatic carbocycles. The molecule has 0 rings (SSSR count). The average Bonchev–Trinajstić information content (AvgIpc) is 2.12. The molecule has 1 unspecified atom stereocenters. The van der Waals surface area contributed by atoms with E-state index in [0.717, 1.165) is 6.54 Å². The van der Waals surface area contributed by atoms with Crippen LogP contribution >= 0.6 is 11.6 Å². The minimum absolute atomic E-state index is 0.221. The Balaban J connectivity index is 3.47. The Morgan fingerprint density at radius 3 is 2.54 bits per heavy atom. The number of nitrogens with one attached hydrogen (secondary N) is 1. The van der Waals surface area contributed by atoms with Crippen molar-refractivity contribution in [3.05, 3.63) is 0 Å². The fraction of sp³-hybridized carbons (Fsp3) is 1.00. The van der Waals surface area contributed by atoms with Crippen LogP contribution in [-0.4, -0.2) is 38.9 Å². The van der Waals surface area contributed by atoms with Crippen molar-refractivity contribution in [3.8, 4) is 0 Å². The van der Waals surface area contributed by atoms with Gasteiger partial charge in [0.25, 0.3) is 0 Å². The highest BCUT2D eigenvalue weighted by Crippen LogP contribution is 1.94. The molecule has 0 saturated carbocycles. The van der Waals surface area contributed by atoms with Crippen molar-refractivity contribution in [3.63, 3.8) is 0 Å². The molecule has 0 aromatic heterocycles. The van der Waals surface area contributed by atoms with E-state index in [1.54, 1.807) is 6.92 Å². The topological polar surface area (TPSA) is 46.2 Å². The highest BCUT2D eigenvalue weighted by molar-refractivity contribution is 7.91. The van der Waals surface area contributed by atoms with Gasteiger partial charge in [-0.05, 0) is 12.5 Å². The molecule has 0 aliphatic rings. The van der Waals surface area contributed by atoms with Gasteiger partial charge in [-0.15, -0.1) is 11.6 Å². The Morgan fingerprint density at radius 1 is 1.46 bits per heavy atom. The predicted octanol–water partition coefficient (Wildman–Crippen LogP) is 0.886. The first-order valence-electron chi connectivity index (χ1n) is 4.49. The molecule has 0 aromatic rings. The second kappa shape index (κ2) is 6.62. The van der Waals surface area contributed by atoms with E-state index < -0.39 is 9.84 Å². The smallest absolute Gasteiger partial charge is 0.151 e. The van der Waals surface area contributed by atoms with E-state index in [0.29, 0.717) is 18.3 Å². The summed E-state index contributed by atoms with van der Waals surface area (Å²) < 4.78 is 22.1. The largest absolute Gasteiger partial charge is 0.315 e. The van der Waals surface area contributed by atoms with Crippen LogP contribution in [-0.2, 0) is 9.84 Å². The molecule has 3 nitrogen and oxygen atoms in total. The van der Waals surface area contributed by atoms with E-state index >= 15 is 0 Å². The maximum atomic E-state index is 11.0. The summed E-state index contributed by atoms with van der Waals surface area (Å²) >= 11 is 5.59. The van der Waals surface area contributed by atoms with E-state index in [1.165, 1.54) is 0 Å². The van der Waals surface area contributed by atoms with Crippen LogP contribution in [0.15, 0.2) is 0 Å². The first-order chi connectivity index (χ1) is 6.02. The number of hydrogen-bond donors (Lipinski definition) is 1. The molecule has 80 valence electrons. The third kappa shape index (κ3) is 7.28. The molecule has 1 atom stereocenters. The highest BCUT2D eigenvalue weighted by atomic mass is 35.5. The Labute approximate surface area is 85.8 Å². The Bertz CT molecular complexity index is 216. The maximum absolute atomic E-state index is 11.0. The minimum atomic E-state index is -2.82. The van der Waals surface area contributed by atoms with Crippen molar-refractivity contribution < 1.29 is 8.42 Å². The van der Waals surface area contributed by atoms with Crippen molar-refractivity contribution in [1.29, 1.82) is 0 Å². The molecule has 13 heavy (non-hydrogen) atoms. The molecule has 0 heterocycles. The quantitative estimate of drug-likeness (QED) is 0.519. The van der Waals surface area contributed by atoms with Crippen molar-refractivity contribution in [2.24, 2.45) is 5.92 Å². The van der Waals surface area contributed by atoms with E-state index in [9.17, 15) is 8.42 Å². The fourth-order valence-electron chi connectivity index (χ4n) is 0.775. The standard InChI is InChI=1S/C8H18ClNO2S/c1-3-13(11,12)5-4-10-7-8(2)6-9/h8,10H,3-7H2,1-2H3. The Kier molecular flexibility index (Phi) is 6.73. The zero-order valence-corrected chi connectivity index (χ0v) is 9.79. The van der Waals surface area contributed by atoms with Crippen molar-refractivity contribution >= 4 is 21.4 Å². The number of hydrogen-bond acceptors (Lipinski definition) is 3. The van der Waals surface area contributed by atoms with Crippen LogP contribution in [0, 0.1) is 5.92 Å². The normalized spacial score (nSPS) is 14.4. The summed E-state index contributed by atoms with van der Waals surface area (Å²) in [6.07, 6.45) is 0. The second-order valence-electron chi connectivity index (χ2n) is 3.20. The van der Waals surface area contributed by atoms with Gasteiger partial charge in [0, 0.05) is 18.2 Å². The van der Waals surface area contributed by atoms with Crippen LogP contribution in [0.1, 0.15) is 13.8 Å². The highest BCUT2D eigenvalue weighted by Gasteiger charge is 2.06. The Morgan fingerprint density at radius 2 is 2.08 bits per heavy atom. The summed E-state index contributed by atoms with van der Waals surface area (Å²) in [6.45, 7) is 4.99. The van der Waals surface area contributed by atoms with Gasteiger partial charge in [-0.3, -0.25) is 0 Å². The number of sulfone groups is 1. The van der Waals surface area contributed by atoms with Crippen LogP contribution in [0.25, 0.3) is 0 Å². The molecular formula is C8H18ClNO2S. The molecule has 0 aliphatic heterocycles. The first-order valence-corrected chi connectivity index (χ1v) is 6.84. The summed E-state index contributed by atoms with van der Waals surface area (Å²) in [5.41, 5.74) is 0. The molecule has 0 spiro atoms. The van der Waals surface area contributed by atoms with Gasteiger partial charge in [-0.25, -0.2) is 8.42 Å². The summed E-state index contributed by atoms with van der Waals surface area (Å²) in [5, 5.41) is 3.06. The molecular weight excluding hydrogens is 210 g/mol. The lowest BCUT2D eigenvalue weighted by atomic mass is 10.2. The van der Waals surface area contributed by atoms with Gasteiger partial charge < -0.3 is 5.32 Å². The van der Waals surface area contributed by atoms with Crippen LogP contribution in [0.5, 0.6) is 0 Å². The van der Waals surface area contributed by atoms with Gasteiger partial charge in [0.05, 0.1) is 5.75 Å². The molecule has 0 radical (unpaired) electrons. The van der Waals surface area contributed by atoms with Crippen LogP contribution in [0.4, 0.5) is 0 Å². The molecule has 0 saturated heterocycles. The lowest BCUT2D eigenvalue weighted by Gasteiger charge is -2.08. The number of halogens is 1. The molecule has 0 aliphatic carbocycles. The molecule has 0 fully saturated rings. The van der Waals surface area contributed by atoms with E-state index in [-0.39, 0.29) is 11.5 Å². The van der Waals surface area contributed by atoms with E-state index in [1.807, 2.05) is 6.92 Å². The summed E-state index contributed by atoms with van der Waals surface area (Å²) in [6, 6.07) is 0. The lowest BCUT2D eigenvalue weighted by molar-refractivity contribution is 0.561. The van der Waals surface area contributed by atoms with Gasteiger partial charge in [-0.1, -0.05) is 13.8 Å². The zero-order valence-electron chi connectivity index (χ0n) is 8.22. The fourth-order valence-corrected chi connectivity index (χ4v) is 1.63. The first kappa shape index (κ1) is 13.2. The van der Waals surface area contributed by atoms with Gasteiger partial charge in [0.2, 0.25) is 0 Å². The number of alkyl halides is 1. The lowest BCUT2D eigenvalue weighted by Crippen LogP contribution is -2.28. The summed E-state index contributed by atoms with van der Waals surface area (Å²) in [5.74, 6) is 1.44. The molecule has 1 N–H and O–H groups in total. The van der Waals surface area contributed by atoms with Crippen LogP contribution in [0.2, 0.25) is 0 Å². The van der Waals surface area contributed by atoms with Crippen LogP contribution in [0.3, 0.4) is 0 Å². The third-order valence-corrected chi connectivity index (χ3v) is 4.02. The van der Waals surface area contributed by atoms with Crippen molar-refractivity contribution in [2.45, 2.75) is 13.8 Å². The molecule has 5 heteroatoms. The monoisotopic (exact) mass is 227 g/mol. The van der Waals surface area contributed by atoms with E-state index in [4.69, 9.17) is 11.6 Å². The van der Waals surface area contributed by atoms with E-state index in [2.05, 4.69) is 5.32 Å². The minimum Gasteiger partial charge on any atom is -0.315 e. The van der Waals surface area contributed by atoms with Crippen molar-refractivity contribution in [1.82, 2.24) is 5.32 Å². The summed E-state index contributed by atoms with van der Waals surface area (Å²) in [7, 11) is -2.82. The third-order valence-electron chi connectivity index (χ3n) is 1.79. The molecule has 0 bridgehead atoms. The average molecular weight is 228 g/mol. The Hall–Kier alpha value is 0.200. The van der Waals surface area contributed by atoms with Gasteiger partial charge >= 0.3 is 0 Å². The van der Waals surface area contributed by atoms with Crippen LogP contribution < -0.4 is 5.32 Å². The maximum Gasteiger partial charge on any atom is 0.151 e. The van der Waals surface area contributed by atoms with Crippen molar-refractivity contribution in [2.75, 3.05) is 30.5 Å². The van der Waals surface area contributed by atoms with Gasteiger partial charge in [-0.2, -0.15) is 0 Å². The number of rotatable bonds is 7.